The summed E-state index contributed by atoms with van der Waals surface area (Å²) in [5, 5.41) is 9.98. The third-order valence-electron chi connectivity index (χ3n) is 18.2. The molecule has 86 heavy (non-hydrogen) atoms. The summed E-state index contributed by atoms with van der Waals surface area (Å²) in [5.41, 5.74) is 23.4. The highest BCUT2D eigenvalue weighted by molar-refractivity contribution is 6.27. The fourth-order valence-electron chi connectivity index (χ4n) is 13.0. The van der Waals surface area contributed by atoms with Gasteiger partial charge in [-0.2, -0.15) is 0 Å². The van der Waals surface area contributed by atoms with Crippen LogP contribution in [0.4, 0.5) is 17.1 Å². The minimum absolute atomic E-state index is 0.00604. The molecule has 0 fully saturated rings. The molecule has 0 aliphatic rings. The Bertz CT molecular complexity index is 4640. The van der Waals surface area contributed by atoms with Gasteiger partial charge >= 0.3 is 0 Å². The van der Waals surface area contributed by atoms with Crippen LogP contribution in [0, 0.1) is 0 Å². The quantitative estimate of drug-likeness (QED) is 0.138. The van der Waals surface area contributed by atoms with Crippen LogP contribution in [0.2, 0.25) is 0 Å². The second-order valence-electron chi connectivity index (χ2n) is 29.6. The van der Waals surface area contributed by atoms with Gasteiger partial charge in [0.1, 0.15) is 0 Å². The number of benzene rings is 12. The normalized spacial score (nSPS) is 12.8. The van der Waals surface area contributed by atoms with Gasteiger partial charge in [0.25, 0.3) is 0 Å². The molecule has 0 amide bonds. The van der Waals surface area contributed by atoms with Crippen molar-refractivity contribution in [3.05, 3.63) is 252 Å². The van der Waals surface area contributed by atoms with Crippen molar-refractivity contribution in [3.63, 3.8) is 0 Å². The first kappa shape index (κ1) is 56.4. The SMILES string of the molecule is CC(C)(C)c1cc(-c2cccc(N(c3cccc(-c4ccc(-c5cc(C(C)(C)C)cc(C(C)(C)C)c5)cc4)c3)c3ccc4ccc5c(-n6c7ccccc7c7ccccc76)ccc6ccc3c4c65)c2)cc(-c2cc(C(C)(C)C)cc(C(C)(C)C)c2)c1. The molecule has 2 nitrogen and oxygen atoms in total. The van der Waals surface area contributed by atoms with Crippen molar-refractivity contribution in [2.45, 2.75) is 131 Å². The first-order valence-electron chi connectivity index (χ1n) is 31.0. The van der Waals surface area contributed by atoms with E-state index in [1.807, 2.05) is 0 Å². The zero-order valence-electron chi connectivity index (χ0n) is 53.3. The third-order valence-corrected chi connectivity index (χ3v) is 18.2. The lowest BCUT2D eigenvalue weighted by atomic mass is 9.78. The molecule has 0 radical (unpaired) electrons. The van der Waals surface area contributed by atoms with Crippen molar-refractivity contribution in [1.82, 2.24) is 4.57 Å². The van der Waals surface area contributed by atoms with Crippen molar-refractivity contribution in [2.75, 3.05) is 4.90 Å². The van der Waals surface area contributed by atoms with Crippen LogP contribution < -0.4 is 4.90 Å². The van der Waals surface area contributed by atoms with E-state index in [1.165, 1.54) is 127 Å². The number of nitrogens with zero attached hydrogens (tertiary/aromatic N) is 2. The van der Waals surface area contributed by atoms with Crippen molar-refractivity contribution in [3.8, 4) is 50.2 Å². The Kier molecular flexibility index (Phi) is 13.4. The van der Waals surface area contributed by atoms with E-state index in [0.717, 1.165) is 22.6 Å². The van der Waals surface area contributed by atoms with Gasteiger partial charge in [-0.05, 0) is 176 Å². The van der Waals surface area contributed by atoms with E-state index >= 15 is 0 Å². The molecular formula is C84H82N2. The predicted octanol–water partition coefficient (Wildman–Crippen LogP) is 24.3. The predicted molar refractivity (Wildman–Crippen MR) is 374 cm³/mol. The minimum atomic E-state index is -0.0868. The molecule has 0 aliphatic carbocycles. The third kappa shape index (κ3) is 10.3. The molecule has 13 aromatic rings. The number of anilines is 3. The summed E-state index contributed by atoms with van der Waals surface area (Å²) in [4.78, 5) is 2.52. The topological polar surface area (TPSA) is 8.17 Å². The maximum absolute atomic E-state index is 2.52. The van der Waals surface area contributed by atoms with Crippen molar-refractivity contribution < 1.29 is 0 Å². The number of rotatable bonds is 8. The summed E-state index contributed by atoms with van der Waals surface area (Å²) in [6.07, 6.45) is 0. The maximum Gasteiger partial charge on any atom is 0.0541 e. The molecule has 13 rings (SSSR count). The molecule has 0 bridgehead atoms. The Morgan fingerprint density at radius 1 is 0.256 bits per heavy atom. The molecule has 1 heterocycles. The molecule has 0 unspecified atom stereocenters. The maximum atomic E-state index is 2.52. The lowest BCUT2D eigenvalue weighted by Gasteiger charge is -2.29. The fourth-order valence-corrected chi connectivity index (χ4v) is 13.0. The van der Waals surface area contributed by atoms with Gasteiger partial charge in [0.15, 0.2) is 0 Å². The molecule has 0 atom stereocenters. The number of fused-ring (bicyclic) bond motifs is 3. The second-order valence-corrected chi connectivity index (χ2v) is 29.6. The molecule has 1 aromatic heterocycles. The number of aromatic nitrogens is 1. The van der Waals surface area contributed by atoms with Gasteiger partial charge in [-0.25, -0.2) is 0 Å². The average molecular weight is 1120 g/mol. The van der Waals surface area contributed by atoms with Gasteiger partial charge in [0.05, 0.1) is 22.4 Å². The van der Waals surface area contributed by atoms with Crippen LogP contribution in [0.15, 0.2) is 224 Å². The van der Waals surface area contributed by atoms with Gasteiger partial charge in [0, 0.05) is 32.9 Å². The van der Waals surface area contributed by atoms with Gasteiger partial charge in [-0.1, -0.05) is 274 Å². The Morgan fingerprint density at radius 3 is 1.09 bits per heavy atom. The summed E-state index contributed by atoms with van der Waals surface area (Å²) in [5.74, 6) is 0. The Labute approximate surface area is 511 Å². The lowest BCUT2D eigenvalue weighted by Crippen LogP contribution is -2.16. The molecule has 0 saturated carbocycles. The molecule has 12 aromatic carbocycles. The smallest absolute Gasteiger partial charge is 0.0541 e. The van der Waals surface area contributed by atoms with E-state index in [-0.39, 0.29) is 27.1 Å². The zero-order chi connectivity index (χ0) is 60.4. The highest BCUT2D eigenvalue weighted by Gasteiger charge is 2.27. The number of para-hydroxylation sites is 2. The summed E-state index contributed by atoms with van der Waals surface area (Å²) >= 11 is 0. The summed E-state index contributed by atoms with van der Waals surface area (Å²) in [7, 11) is 0. The monoisotopic (exact) mass is 1120 g/mol. The zero-order valence-corrected chi connectivity index (χ0v) is 53.3. The Hall–Kier alpha value is -8.72. The Morgan fingerprint density at radius 2 is 0.616 bits per heavy atom. The van der Waals surface area contributed by atoms with E-state index in [2.05, 4.69) is 338 Å². The van der Waals surface area contributed by atoms with E-state index in [0.29, 0.717) is 0 Å². The standard InChI is InChI=1S/C84H82N2/c1-80(2,3)63-43-59(42-60(44-63)62-47-66(83(10,11)12)52-67(48-62)84(13,14)15)58-23-21-25-69(50-58)85(68-24-20-22-57(49-68)53-30-32-54(33-31-53)61-45-64(81(4,5)6)51-65(46-61)82(7,8)9)76-40-36-55-35-39-73-77(41-37-56-34-38-72(76)78(55)79(56)73)86-74-28-18-16-26-70(74)71-27-17-19-29-75(71)86/h16-52H,1-15H3. The van der Waals surface area contributed by atoms with Gasteiger partial charge in [-0.15, -0.1) is 0 Å². The minimum Gasteiger partial charge on any atom is -0.310 e. The van der Waals surface area contributed by atoms with Gasteiger partial charge in [-0.3, -0.25) is 0 Å². The molecule has 0 N–H and O–H groups in total. The van der Waals surface area contributed by atoms with E-state index < -0.39 is 0 Å². The largest absolute Gasteiger partial charge is 0.310 e. The second kappa shape index (κ2) is 20.5. The average Bonchev–Trinajstić information content (AvgIpc) is 1.23. The Balaban J connectivity index is 1.00. The first-order chi connectivity index (χ1) is 40.8. The first-order valence-corrected chi connectivity index (χ1v) is 31.0. The summed E-state index contributed by atoms with van der Waals surface area (Å²) in [6.45, 7) is 34.9. The van der Waals surface area contributed by atoms with Crippen LogP contribution in [0.5, 0.6) is 0 Å². The van der Waals surface area contributed by atoms with Crippen molar-refractivity contribution >= 4 is 71.2 Å². The number of hydrogen-bond donors (Lipinski definition) is 0. The van der Waals surface area contributed by atoms with Gasteiger partial charge in [0.2, 0.25) is 0 Å². The summed E-state index contributed by atoms with van der Waals surface area (Å²) in [6, 6.07) is 86.0. The highest BCUT2D eigenvalue weighted by Crippen LogP contribution is 2.48. The van der Waals surface area contributed by atoms with Gasteiger partial charge < -0.3 is 9.47 Å². The van der Waals surface area contributed by atoms with E-state index in [1.54, 1.807) is 0 Å². The molecular weight excluding hydrogens is 1040 g/mol. The van der Waals surface area contributed by atoms with Crippen LogP contribution in [0.3, 0.4) is 0 Å². The van der Waals surface area contributed by atoms with Crippen molar-refractivity contribution in [2.24, 2.45) is 0 Å². The van der Waals surface area contributed by atoms with E-state index in [9.17, 15) is 0 Å². The van der Waals surface area contributed by atoms with Crippen LogP contribution >= 0.6 is 0 Å². The van der Waals surface area contributed by atoms with Crippen LogP contribution in [-0.2, 0) is 27.1 Å². The van der Waals surface area contributed by atoms with Crippen LogP contribution in [0.1, 0.15) is 132 Å². The highest BCUT2D eigenvalue weighted by atomic mass is 15.1. The molecule has 0 spiro atoms. The molecule has 0 saturated heterocycles. The fraction of sp³-hybridized carbons (Fsp3) is 0.238. The van der Waals surface area contributed by atoms with Crippen LogP contribution in [-0.4, -0.2) is 4.57 Å². The molecule has 0 aliphatic heterocycles. The lowest BCUT2D eigenvalue weighted by molar-refractivity contribution is 0.568. The molecule has 2 heteroatoms. The van der Waals surface area contributed by atoms with Crippen molar-refractivity contribution in [1.29, 1.82) is 0 Å². The molecule has 428 valence electrons. The van der Waals surface area contributed by atoms with E-state index in [4.69, 9.17) is 0 Å². The number of hydrogen-bond acceptors (Lipinski definition) is 1. The summed E-state index contributed by atoms with van der Waals surface area (Å²) < 4.78 is 2.48. The van der Waals surface area contributed by atoms with Crippen LogP contribution in [0.25, 0.3) is 104 Å².